The van der Waals surface area contributed by atoms with Crippen molar-refractivity contribution in [3.63, 3.8) is 0 Å². The van der Waals surface area contributed by atoms with Crippen molar-refractivity contribution in [2.24, 2.45) is 0 Å². The number of amides is 2. The Hall–Kier alpha value is -4.69. The number of nitrogens with one attached hydrogen (secondary N) is 4. The fourth-order valence-corrected chi connectivity index (χ4v) is 3.94. The van der Waals surface area contributed by atoms with E-state index in [9.17, 15) is 24.0 Å². The fourth-order valence-electron chi connectivity index (χ4n) is 3.94. The van der Waals surface area contributed by atoms with Crippen molar-refractivity contribution >= 4 is 51.7 Å². The number of carboxylic acid groups (broad SMARTS) is 2. The Bertz CT molecular complexity index is 1340. The molecule has 6 N–H and O–H groups in total. The first-order valence-corrected chi connectivity index (χ1v) is 12.3. The summed E-state index contributed by atoms with van der Waals surface area (Å²) in [7, 11) is 2.98. The van der Waals surface area contributed by atoms with Crippen LogP contribution in [0.25, 0.3) is 21.7 Å². The van der Waals surface area contributed by atoms with Gasteiger partial charge in [0.05, 0.1) is 5.39 Å². The van der Waals surface area contributed by atoms with Crippen molar-refractivity contribution < 1.29 is 48.1 Å². The van der Waals surface area contributed by atoms with Crippen LogP contribution in [0.15, 0.2) is 34.7 Å². The van der Waals surface area contributed by atoms with Gasteiger partial charge in [-0.25, -0.2) is 9.59 Å². The number of furan rings is 1. The number of rotatable bonds is 13. The molecule has 2 amide bonds. The van der Waals surface area contributed by atoms with E-state index in [1.165, 1.54) is 27.1 Å². The second-order valence-electron chi connectivity index (χ2n) is 8.68. The minimum atomic E-state index is -1.07. The SMILES string of the molecule is CNC(CCNC(=O)Oc1c2ccccc2c(OC(=O)NCCC(NC)C(=O)O)c2oc(C(C)=O)cc12)C(=O)O. The largest absolute Gasteiger partial charge is 0.480 e. The average Bonchev–Trinajstić information content (AvgIpc) is 3.36. The van der Waals surface area contributed by atoms with Crippen LogP contribution in [0.2, 0.25) is 0 Å². The molecule has 0 fully saturated rings. The third-order valence-corrected chi connectivity index (χ3v) is 6.03. The van der Waals surface area contributed by atoms with Gasteiger partial charge < -0.3 is 45.4 Å². The summed E-state index contributed by atoms with van der Waals surface area (Å²) in [6, 6.07) is 6.18. The van der Waals surface area contributed by atoms with Crippen LogP contribution in [0.3, 0.4) is 0 Å². The number of benzene rings is 2. The number of ether oxygens (including phenoxy) is 2. The predicted molar refractivity (Wildman–Crippen MR) is 142 cm³/mol. The number of Topliss-reactive ketones (excluding diaryl/α,β-unsaturated/α-hetero) is 1. The molecule has 214 valence electrons. The summed E-state index contributed by atoms with van der Waals surface area (Å²) in [4.78, 5) is 59.7. The van der Waals surface area contributed by atoms with Crippen LogP contribution in [-0.2, 0) is 9.59 Å². The van der Waals surface area contributed by atoms with Crippen molar-refractivity contribution in [3.05, 3.63) is 36.1 Å². The first-order valence-electron chi connectivity index (χ1n) is 12.3. The van der Waals surface area contributed by atoms with Crippen LogP contribution >= 0.6 is 0 Å². The molecule has 3 aromatic rings. The molecule has 3 rings (SSSR count). The molecule has 14 nitrogen and oxygen atoms in total. The van der Waals surface area contributed by atoms with E-state index >= 15 is 0 Å². The third-order valence-electron chi connectivity index (χ3n) is 6.03. The highest BCUT2D eigenvalue weighted by Crippen LogP contribution is 2.44. The Morgan fingerprint density at radius 3 is 1.73 bits per heavy atom. The molecular formula is C26H30N4O10. The molecular weight excluding hydrogens is 528 g/mol. The van der Waals surface area contributed by atoms with Crippen molar-refractivity contribution in [2.45, 2.75) is 31.8 Å². The molecule has 0 saturated carbocycles. The molecule has 40 heavy (non-hydrogen) atoms. The lowest BCUT2D eigenvalue weighted by Gasteiger charge is -2.15. The highest BCUT2D eigenvalue weighted by molar-refractivity contribution is 6.12. The zero-order valence-corrected chi connectivity index (χ0v) is 22.0. The molecule has 14 heteroatoms. The fraction of sp³-hybridized carbons (Fsp3) is 0.346. The van der Waals surface area contributed by atoms with Crippen molar-refractivity contribution in [3.8, 4) is 11.5 Å². The van der Waals surface area contributed by atoms with Gasteiger partial charge in [-0.1, -0.05) is 24.3 Å². The van der Waals surface area contributed by atoms with Crippen molar-refractivity contribution in [1.29, 1.82) is 0 Å². The maximum Gasteiger partial charge on any atom is 0.412 e. The number of fused-ring (bicyclic) bond motifs is 2. The molecule has 0 bridgehead atoms. The Kier molecular flexibility index (Phi) is 10.00. The minimum Gasteiger partial charge on any atom is -0.480 e. The van der Waals surface area contributed by atoms with Gasteiger partial charge >= 0.3 is 24.1 Å². The molecule has 0 spiro atoms. The van der Waals surface area contributed by atoms with E-state index < -0.39 is 42.0 Å². The summed E-state index contributed by atoms with van der Waals surface area (Å²) in [5.74, 6) is -2.63. The molecule has 2 aromatic carbocycles. The van der Waals surface area contributed by atoms with Crippen molar-refractivity contribution in [2.75, 3.05) is 27.2 Å². The van der Waals surface area contributed by atoms with Gasteiger partial charge in [-0.3, -0.25) is 14.4 Å². The minimum absolute atomic E-state index is 0.000545. The second-order valence-corrected chi connectivity index (χ2v) is 8.68. The standard InChI is InChI=1S/C26H30N4O10/c1-13(31)19-12-16-20(39-25(36)29-10-8-17(27-2)23(32)33)14-6-4-5-7-15(14)21(22(16)38-19)40-26(37)30-11-9-18(28-3)24(34)35/h4-7,12,17-18,27-28H,8-11H2,1-3H3,(H,29,36)(H,30,37)(H,32,33)(H,34,35). The van der Waals surface area contributed by atoms with Crippen LogP contribution in [0, 0.1) is 0 Å². The summed E-state index contributed by atoms with van der Waals surface area (Å²) < 4.78 is 16.9. The van der Waals surface area contributed by atoms with Gasteiger partial charge in [0.25, 0.3) is 0 Å². The van der Waals surface area contributed by atoms with Crippen LogP contribution in [0.1, 0.15) is 30.3 Å². The highest BCUT2D eigenvalue weighted by Gasteiger charge is 2.25. The van der Waals surface area contributed by atoms with E-state index in [1.54, 1.807) is 24.3 Å². The smallest absolute Gasteiger partial charge is 0.412 e. The average molecular weight is 559 g/mol. The van der Waals surface area contributed by atoms with Crippen LogP contribution < -0.4 is 30.7 Å². The Balaban J connectivity index is 1.92. The normalized spacial score (nSPS) is 12.5. The molecule has 0 aliphatic carbocycles. The van der Waals surface area contributed by atoms with Gasteiger partial charge in [0.2, 0.25) is 0 Å². The summed E-state index contributed by atoms with van der Waals surface area (Å²) in [5.41, 5.74) is -0.0263. The van der Waals surface area contributed by atoms with E-state index in [4.69, 9.17) is 24.1 Å². The summed E-state index contributed by atoms with van der Waals surface area (Å²) in [6.45, 7) is 1.27. The molecule has 2 unspecified atom stereocenters. The first-order chi connectivity index (χ1) is 19.1. The van der Waals surface area contributed by atoms with Crippen LogP contribution in [0.5, 0.6) is 11.5 Å². The molecule has 0 aliphatic rings. The van der Waals surface area contributed by atoms with E-state index in [-0.39, 0.29) is 54.2 Å². The quantitative estimate of drug-likeness (QED) is 0.167. The molecule has 2 atom stereocenters. The third kappa shape index (κ3) is 7.03. The Morgan fingerprint density at radius 2 is 1.27 bits per heavy atom. The Labute approximate surface area is 228 Å². The molecule has 0 aliphatic heterocycles. The molecule has 0 radical (unpaired) electrons. The highest BCUT2D eigenvalue weighted by atomic mass is 16.6. The number of ketones is 1. The monoisotopic (exact) mass is 558 g/mol. The zero-order chi connectivity index (χ0) is 29.4. The number of hydrogen-bond donors (Lipinski definition) is 6. The topological polar surface area (TPSA) is 206 Å². The van der Waals surface area contributed by atoms with Gasteiger partial charge in [-0.2, -0.15) is 0 Å². The number of aliphatic carboxylic acids is 2. The number of carbonyl (C=O) groups is 5. The van der Waals surface area contributed by atoms with Crippen molar-refractivity contribution in [1.82, 2.24) is 21.3 Å². The molecule has 0 saturated heterocycles. The van der Waals surface area contributed by atoms with Crippen LogP contribution in [-0.4, -0.2) is 79.4 Å². The summed E-state index contributed by atoms with van der Waals surface area (Å²) in [5, 5.41) is 29.4. The van der Waals surface area contributed by atoms with E-state index in [1.807, 2.05) is 0 Å². The lowest BCUT2D eigenvalue weighted by atomic mass is 10.1. The van der Waals surface area contributed by atoms with E-state index in [0.29, 0.717) is 10.8 Å². The van der Waals surface area contributed by atoms with Gasteiger partial charge in [0.15, 0.2) is 28.6 Å². The lowest BCUT2D eigenvalue weighted by Crippen LogP contribution is -2.38. The molecule has 1 aromatic heterocycles. The first kappa shape index (κ1) is 29.9. The number of hydrogen-bond acceptors (Lipinski definition) is 10. The maximum absolute atomic E-state index is 12.6. The van der Waals surface area contributed by atoms with Crippen LogP contribution in [0.4, 0.5) is 9.59 Å². The summed E-state index contributed by atoms with van der Waals surface area (Å²) >= 11 is 0. The van der Waals surface area contributed by atoms with Gasteiger partial charge in [-0.05, 0) is 33.0 Å². The number of carboxylic acids is 2. The predicted octanol–water partition coefficient (Wildman–Crippen LogP) is 2.09. The van der Waals surface area contributed by atoms with E-state index in [0.717, 1.165) is 0 Å². The maximum atomic E-state index is 12.6. The molecule has 1 heterocycles. The lowest BCUT2D eigenvalue weighted by molar-refractivity contribution is -0.140. The number of likely N-dealkylation sites (N-methyl/N-ethyl adjacent to an activating group) is 2. The van der Waals surface area contributed by atoms with Gasteiger partial charge in [-0.15, -0.1) is 0 Å². The zero-order valence-electron chi connectivity index (χ0n) is 22.0. The number of carbonyl (C=O) groups excluding carboxylic acids is 3. The van der Waals surface area contributed by atoms with E-state index in [2.05, 4.69) is 21.3 Å². The Morgan fingerprint density at radius 1 is 0.800 bits per heavy atom. The van der Waals surface area contributed by atoms with Gasteiger partial charge in [0.1, 0.15) is 12.1 Å². The van der Waals surface area contributed by atoms with Gasteiger partial charge in [0, 0.05) is 30.8 Å². The second kappa shape index (κ2) is 13.4. The summed E-state index contributed by atoms with van der Waals surface area (Å²) in [6.07, 6.45) is -1.58.